The highest BCUT2D eigenvalue weighted by Crippen LogP contribution is 2.34. The number of benzene rings is 1. The zero-order chi connectivity index (χ0) is 16.1. The van der Waals surface area contributed by atoms with E-state index in [0.29, 0.717) is 28.0 Å². The van der Waals surface area contributed by atoms with Crippen LogP contribution in [0.25, 0.3) is 6.08 Å². The summed E-state index contributed by atoms with van der Waals surface area (Å²) < 4.78 is 10.5. The lowest BCUT2D eigenvalue weighted by atomic mass is 10.1. The number of nitrogens with one attached hydrogen (secondary N) is 1. The van der Waals surface area contributed by atoms with E-state index < -0.39 is 5.97 Å². The fourth-order valence-corrected chi connectivity index (χ4v) is 2.51. The van der Waals surface area contributed by atoms with Gasteiger partial charge >= 0.3 is 5.97 Å². The normalized spacial score (nSPS) is 11.3. The van der Waals surface area contributed by atoms with Gasteiger partial charge in [-0.05, 0) is 30.8 Å². The number of aromatic amines is 1. The van der Waals surface area contributed by atoms with Gasteiger partial charge in [0.05, 0.1) is 14.2 Å². The average molecular weight is 321 g/mol. The number of thioether (sulfide) groups is 1. The largest absolute Gasteiger partial charge is 0.493 e. The van der Waals surface area contributed by atoms with Gasteiger partial charge < -0.3 is 14.6 Å². The number of hydrogen-bond acceptors (Lipinski definition) is 6. The van der Waals surface area contributed by atoms with Crippen molar-refractivity contribution in [3.05, 3.63) is 34.5 Å². The number of methoxy groups -OCH3 is 2. The molecule has 0 aliphatic rings. The van der Waals surface area contributed by atoms with Gasteiger partial charge in [-0.25, -0.2) is 9.78 Å². The molecule has 2 N–H and O–H groups in total. The van der Waals surface area contributed by atoms with E-state index in [1.807, 2.05) is 0 Å². The third kappa shape index (κ3) is 3.59. The average Bonchev–Trinajstić information content (AvgIpc) is 2.91. The molecule has 7 nitrogen and oxygen atoms in total. The fourth-order valence-electron chi connectivity index (χ4n) is 1.77. The van der Waals surface area contributed by atoms with E-state index in [1.165, 1.54) is 20.3 Å². The number of H-pyrrole nitrogens is 1. The van der Waals surface area contributed by atoms with Crippen LogP contribution in [0.3, 0.4) is 0 Å². The SMILES string of the molecule is COc1cccc(C=C(Sc2n[nH]c(C)n2)C(=O)O)c1OC. The Morgan fingerprint density at radius 1 is 1.36 bits per heavy atom. The molecule has 0 radical (unpaired) electrons. The van der Waals surface area contributed by atoms with Gasteiger partial charge in [-0.3, -0.25) is 5.10 Å². The molecule has 22 heavy (non-hydrogen) atoms. The number of rotatable bonds is 6. The standard InChI is InChI=1S/C14H15N3O4S/c1-8-15-14(17-16-8)22-11(13(18)19)7-9-5-4-6-10(20-2)12(9)21-3/h4-7H,1-3H3,(H,18,19)(H,15,16,17). The first kappa shape index (κ1) is 15.9. The van der Waals surface area contributed by atoms with Crippen LogP contribution in [-0.4, -0.2) is 40.5 Å². The van der Waals surface area contributed by atoms with Crippen LogP contribution in [-0.2, 0) is 4.79 Å². The van der Waals surface area contributed by atoms with Crippen LogP contribution in [0.2, 0.25) is 0 Å². The molecule has 0 atom stereocenters. The minimum Gasteiger partial charge on any atom is -0.493 e. The maximum atomic E-state index is 11.4. The van der Waals surface area contributed by atoms with Crippen LogP contribution in [0.1, 0.15) is 11.4 Å². The Kier molecular flexibility index (Phi) is 5.05. The predicted molar refractivity (Wildman–Crippen MR) is 82.1 cm³/mol. The van der Waals surface area contributed by atoms with Gasteiger partial charge in [0.2, 0.25) is 5.16 Å². The summed E-state index contributed by atoms with van der Waals surface area (Å²) in [6.07, 6.45) is 1.50. The van der Waals surface area contributed by atoms with Crippen LogP contribution in [0.15, 0.2) is 28.3 Å². The topological polar surface area (TPSA) is 97.3 Å². The van der Waals surface area contributed by atoms with Crippen LogP contribution in [0.5, 0.6) is 11.5 Å². The second-order valence-electron chi connectivity index (χ2n) is 4.20. The monoisotopic (exact) mass is 321 g/mol. The molecule has 0 spiro atoms. The van der Waals surface area contributed by atoms with Gasteiger partial charge in [0.25, 0.3) is 0 Å². The molecule has 0 unspecified atom stereocenters. The predicted octanol–water partition coefficient (Wildman–Crippen LogP) is 2.35. The van der Waals surface area contributed by atoms with Crippen molar-refractivity contribution >= 4 is 23.8 Å². The summed E-state index contributed by atoms with van der Waals surface area (Å²) in [5.74, 6) is 0.541. The Labute approximate surface area is 131 Å². The number of nitrogens with zero attached hydrogens (tertiary/aromatic N) is 2. The van der Waals surface area contributed by atoms with Crippen molar-refractivity contribution in [2.75, 3.05) is 14.2 Å². The first-order chi connectivity index (χ1) is 10.5. The van der Waals surface area contributed by atoms with Crippen molar-refractivity contribution in [2.24, 2.45) is 0 Å². The molecule has 1 aromatic heterocycles. The van der Waals surface area contributed by atoms with Crippen molar-refractivity contribution in [1.82, 2.24) is 15.2 Å². The van der Waals surface area contributed by atoms with E-state index in [0.717, 1.165) is 11.8 Å². The van der Waals surface area contributed by atoms with Gasteiger partial charge in [0, 0.05) is 5.56 Å². The molecule has 0 saturated heterocycles. The van der Waals surface area contributed by atoms with Gasteiger partial charge in [0.1, 0.15) is 10.7 Å². The highest BCUT2D eigenvalue weighted by atomic mass is 32.2. The van der Waals surface area contributed by atoms with Crippen LogP contribution >= 0.6 is 11.8 Å². The molecule has 0 aliphatic carbocycles. The molecular formula is C14H15N3O4S. The Balaban J connectivity index is 2.40. The Morgan fingerprint density at radius 2 is 2.14 bits per heavy atom. The number of aryl methyl sites for hydroxylation is 1. The summed E-state index contributed by atoms with van der Waals surface area (Å²) in [5.41, 5.74) is 0.596. The van der Waals surface area contributed by atoms with Gasteiger partial charge in [-0.15, -0.1) is 5.10 Å². The molecule has 2 rings (SSSR count). The van der Waals surface area contributed by atoms with E-state index in [2.05, 4.69) is 15.2 Å². The van der Waals surface area contributed by atoms with Crippen molar-refractivity contribution < 1.29 is 19.4 Å². The summed E-state index contributed by atoms with van der Waals surface area (Å²) in [6, 6.07) is 5.24. The van der Waals surface area contributed by atoms with Gasteiger partial charge in [-0.2, -0.15) is 0 Å². The third-order valence-corrected chi connectivity index (χ3v) is 3.59. The molecule has 0 amide bonds. The molecular weight excluding hydrogens is 306 g/mol. The van der Waals surface area contributed by atoms with E-state index in [1.54, 1.807) is 25.1 Å². The Hall–Kier alpha value is -2.48. The van der Waals surface area contributed by atoms with Crippen molar-refractivity contribution in [3.63, 3.8) is 0 Å². The molecule has 2 aromatic rings. The van der Waals surface area contributed by atoms with E-state index in [-0.39, 0.29) is 4.91 Å². The number of carboxylic acid groups (broad SMARTS) is 1. The lowest BCUT2D eigenvalue weighted by Gasteiger charge is -2.10. The molecule has 1 aromatic carbocycles. The number of carbonyl (C=O) groups is 1. The highest BCUT2D eigenvalue weighted by Gasteiger charge is 2.15. The molecule has 0 bridgehead atoms. The molecule has 0 fully saturated rings. The van der Waals surface area contributed by atoms with Gasteiger partial charge in [0.15, 0.2) is 11.5 Å². The lowest BCUT2D eigenvalue weighted by Crippen LogP contribution is -1.99. The van der Waals surface area contributed by atoms with Crippen molar-refractivity contribution in [2.45, 2.75) is 12.1 Å². The molecule has 1 heterocycles. The molecule has 8 heteroatoms. The summed E-state index contributed by atoms with van der Waals surface area (Å²) in [6.45, 7) is 1.74. The van der Waals surface area contributed by atoms with E-state index in [9.17, 15) is 9.90 Å². The minimum absolute atomic E-state index is 0.0746. The molecule has 0 aliphatic heterocycles. The quantitative estimate of drug-likeness (QED) is 0.622. The lowest BCUT2D eigenvalue weighted by molar-refractivity contribution is -0.131. The Bertz CT molecular complexity index is 712. The Morgan fingerprint density at radius 3 is 2.68 bits per heavy atom. The zero-order valence-electron chi connectivity index (χ0n) is 12.3. The molecule has 116 valence electrons. The van der Waals surface area contributed by atoms with Gasteiger partial charge in [-0.1, -0.05) is 12.1 Å². The summed E-state index contributed by atoms with van der Waals surface area (Å²) in [5, 5.41) is 16.3. The molecule has 0 saturated carbocycles. The fraction of sp³-hybridized carbons (Fsp3) is 0.214. The second kappa shape index (κ2) is 6.99. The van der Waals surface area contributed by atoms with Crippen LogP contribution < -0.4 is 9.47 Å². The second-order valence-corrected chi connectivity index (χ2v) is 5.21. The number of carboxylic acids is 1. The first-order valence-corrected chi connectivity index (χ1v) is 7.09. The van der Waals surface area contributed by atoms with Crippen LogP contribution in [0.4, 0.5) is 0 Å². The van der Waals surface area contributed by atoms with Crippen molar-refractivity contribution in [3.8, 4) is 11.5 Å². The summed E-state index contributed by atoms with van der Waals surface area (Å²) in [4.78, 5) is 15.6. The number of hydrogen-bond donors (Lipinski definition) is 2. The van der Waals surface area contributed by atoms with Crippen molar-refractivity contribution in [1.29, 1.82) is 0 Å². The third-order valence-electron chi connectivity index (χ3n) is 2.71. The highest BCUT2D eigenvalue weighted by molar-refractivity contribution is 8.04. The number of para-hydroxylation sites is 1. The number of aliphatic carboxylic acids is 1. The van der Waals surface area contributed by atoms with E-state index in [4.69, 9.17) is 9.47 Å². The smallest absolute Gasteiger partial charge is 0.342 e. The summed E-state index contributed by atoms with van der Waals surface area (Å²) >= 11 is 0.957. The first-order valence-electron chi connectivity index (χ1n) is 6.28. The van der Waals surface area contributed by atoms with E-state index >= 15 is 0 Å². The number of aromatic nitrogens is 3. The minimum atomic E-state index is -1.07. The maximum Gasteiger partial charge on any atom is 0.342 e. The number of ether oxygens (including phenoxy) is 2. The maximum absolute atomic E-state index is 11.4. The van der Waals surface area contributed by atoms with Crippen LogP contribution in [0, 0.1) is 6.92 Å². The zero-order valence-corrected chi connectivity index (χ0v) is 13.1. The summed E-state index contributed by atoms with van der Waals surface area (Å²) in [7, 11) is 3.02.